The van der Waals surface area contributed by atoms with Crippen molar-refractivity contribution in [1.29, 1.82) is 0 Å². The molecule has 32 heavy (non-hydrogen) atoms. The highest BCUT2D eigenvalue weighted by Gasteiger charge is 2.42. The van der Waals surface area contributed by atoms with Gasteiger partial charge in [0.15, 0.2) is 0 Å². The highest BCUT2D eigenvalue weighted by atomic mass is 16.5. The Morgan fingerprint density at radius 2 is 0.781 bits per heavy atom. The van der Waals surface area contributed by atoms with Crippen molar-refractivity contribution in [3.05, 3.63) is 105 Å². The first kappa shape index (κ1) is 20.0. The molecule has 3 aromatic carbocycles. The molecule has 0 aromatic heterocycles. The predicted octanol–water partition coefficient (Wildman–Crippen LogP) is 4.03. The molecule has 3 aliphatic carbocycles. The van der Waals surface area contributed by atoms with E-state index in [1.54, 1.807) is 18.2 Å². The van der Waals surface area contributed by atoms with Gasteiger partial charge in [-0.15, -0.1) is 0 Å². The van der Waals surface area contributed by atoms with Gasteiger partial charge in [-0.1, -0.05) is 18.2 Å². The van der Waals surface area contributed by atoms with Gasteiger partial charge in [-0.3, -0.25) is 0 Å². The van der Waals surface area contributed by atoms with E-state index < -0.39 is 17.9 Å². The minimum absolute atomic E-state index is 0.0786. The predicted molar refractivity (Wildman–Crippen MR) is 115 cm³/mol. The van der Waals surface area contributed by atoms with E-state index in [1.807, 2.05) is 36.4 Å². The van der Waals surface area contributed by atoms with E-state index in [9.17, 15) is 14.4 Å². The fourth-order valence-corrected chi connectivity index (χ4v) is 5.00. The highest BCUT2D eigenvalue weighted by molar-refractivity contribution is 5.93. The summed E-state index contributed by atoms with van der Waals surface area (Å²) in [6, 6.07) is 16.8. The standard InChI is InChI=1S/C26H20O6/c1-30-24(27)13-4-7-16-19(10-13)23-20-11-14(25(28)31-2)5-8-17(20)22(16)18-9-6-15(12-21(18)23)26(29)32-3/h4-12,22-23H,1-3H3. The summed E-state index contributed by atoms with van der Waals surface area (Å²) in [6.45, 7) is 0. The van der Waals surface area contributed by atoms with Crippen molar-refractivity contribution in [2.75, 3.05) is 21.3 Å². The van der Waals surface area contributed by atoms with Crippen molar-refractivity contribution in [2.24, 2.45) is 0 Å². The Balaban J connectivity index is 1.77. The van der Waals surface area contributed by atoms with E-state index in [4.69, 9.17) is 14.2 Å². The van der Waals surface area contributed by atoms with Crippen LogP contribution in [0.15, 0.2) is 54.6 Å². The van der Waals surface area contributed by atoms with E-state index in [-0.39, 0.29) is 11.8 Å². The first-order valence-electron chi connectivity index (χ1n) is 10.1. The lowest BCUT2D eigenvalue weighted by Gasteiger charge is -2.42. The third kappa shape index (κ3) is 2.76. The lowest BCUT2D eigenvalue weighted by Crippen LogP contribution is -2.28. The van der Waals surface area contributed by atoms with Crippen molar-refractivity contribution in [1.82, 2.24) is 0 Å². The van der Waals surface area contributed by atoms with Gasteiger partial charge >= 0.3 is 17.9 Å². The number of hydrogen-bond donors (Lipinski definition) is 0. The Kier molecular flexibility index (Phi) is 4.59. The molecule has 6 rings (SSSR count). The molecule has 0 fully saturated rings. The molecule has 160 valence electrons. The Labute approximate surface area is 184 Å². The third-order valence-electron chi connectivity index (χ3n) is 6.39. The zero-order chi connectivity index (χ0) is 22.6. The van der Waals surface area contributed by atoms with Gasteiger partial charge in [0.1, 0.15) is 0 Å². The molecule has 0 radical (unpaired) electrons. The monoisotopic (exact) mass is 428 g/mol. The van der Waals surface area contributed by atoms with Gasteiger partial charge in [-0.05, 0) is 69.8 Å². The molecular weight excluding hydrogens is 408 g/mol. The normalized spacial score (nSPS) is 17.0. The van der Waals surface area contributed by atoms with Crippen LogP contribution in [-0.2, 0) is 14.2 Å². The van der Waals surface area contributed by atoms with Crippen LogP contribution in [0.25, 0.3) is 0 Å². The molecule has 0 amide bonds. The molecule has 0 aliphatic heterocycles. The topological polar surface area (TPSA) is 78.9 Å². The van der Waals surface area contributed by atoms with Crippen LogP contribution >= 0.6 is 0 Å². The Morgan fingerprint density at radius 3 is 1.06 bits per heavy atom. The summed E-state index contributed by atoms with van der Waals surface area (Å²) in [5.74, 6) is -1.58. The zero-order valence-electron chi connectivity index (χ0n) is 17.8. The van der Waals surface area contributed by atoms with Gasteiger partial charge in [-0.2, -0.15) is 0 Å². The van der Waals surface area contributed by atoms with Gasteiger partial charge in [0, 0.05) is 11.8 Å². The number of rotatable bonds is 3. The second-order valence-electron chi connectivity index (χ2n) is 7.87. The molecule has 0 saturated carbocycles. The van der Waals surface area contributed by atoms with Gasteiger partial charge in [0.05, 0.1) is 38.0 Å². The maximum atomic E-state index is 12.2. The molecule has 6 heteroatoms. The van der Waals surface area contributed by atoms with Crippen LogP contribution in [0.3, 0.4) is 0 Å². The molecule has 6 nitrogen and oxygen atoms in total. The van der Waals surface area contributed by atoms with E-state index in [1.165, 1.54) is 21.3 Å². The van der Waals surface area contributed by atoms with Gasteiger partial charge in [0.2, 0.25) is 0 Å². The molecule has 2 bridgehead atoms. The lowest BCUT2D eigenvalue weighted by atomic mass is 9.60. The second-order valence-corrected chi connectivity index (χ2v) is 7.87. The summed E-state index contributed by atoms with van der Waals surface area (Å²) >= 11 is 0. The molecule has 0 atom stereocenters. The van der Waals surface area contributed by atoms with Crippen molar-refractivity contribution in [2.45, 2.75) is 11.8 Å². The van der Waals surface area contributed by atoms with Crippen molar-refractivity contribution in [3.63, 3.8) is 0 Å². The van der Waals surface area contributed by atoms with Crippen LogP contribution in [0.5, 0.6) is 0 Å². The Morgan fingerprint density at radius 1 is 0.500 bits per heavy atom. The van der Waals surface area contributed by atoms with Gasteiger partial charge < -0.3 is 14.2 Å². The molecule has 3 aromatic rings. The summed E-state index contributed by atoms with van der Waals surface area (Å²) in [7, 11) is 4.05. The molecule has 3 aliphatic rings. The van der Waals surface area contributed by atoms with Crippen LogP contribution in [0, 0.1) is 0 Å². The number of benzene rings is 3. The van der Waals surface area contributed by atoms with Crippen LogP contribution < -0.4 is 0 Å². The first-order chi connectivity index (χ1) is 15.5. The van der Waals surface area contributed by atoms with Gasteiger partial charge in [-0.25, -0.2) is 14.4 Å². The average Bonchev–Trinajstić information content (AvgIpc) is 2.85. The maximum absolute atomic E-state index is 12.2. The Bertz CT molecular complexity index is 1150. The summed E-state index contributed by atoms with van der Waals surface area (Å²) in [5.41, 5.74) is 7.53. The molecule has 0 spiro atoms. The second kappa shape index (κ2) is 7.34. The third-order valence-corrected chi connectivity index (χ3v) is 6.39. The van der Waals surface area contributed by atoms with Crippen LogP contribution in [0.4, 0.5) is 0 Å². The van der Waals surface area contributed by atoms with Crippen molar-refractivity contribution >= 4 is 17.9 Å². The number of methoxy groups -OCH3 is 3. The van der Waals surface area contributed by atoms with E-state index in [0.717, 1.165) is 33.4 Å². The summed E-state index contributed by atoms with van der Waals surface area (Å²) in [5, 5.41) is 0. The van der Waals surface area contributed by atoms with Crippen LogP contribution in [0.1, 0.15) is 76.3 Å². The average molecular weight is 428 g/mol. The zero-order valence-corrected chi connectivity index (χ0v) is 17.8. The molecule has 0 N–H and O–H groups in total. The Hall–Kier alpha value is -3.93. The smallest absolute Gasteiger partial charge is 0.337 e. The minimum atomic E-state index is -0.415. The highest BCUT2D eigenvalue weighted by Crippen LogP contribution is 2.56. The largest absolute Gasteiger partial charge is 0.465 e. The van der Waals surface area contributed by atoms with E-state index in [0.29, 0.717) is 16.7 Å². The van der Waals surface area contributed by atoms with Crippen LogP contribution in [-0.4, -0.2) is 39.2 Å². The molecular formula is C26H20O6. The van der Waals surface area contributed by atoms with Crippen molar-refractivity contribution < 1.29 is 28.6 Å². The fraction of sp³-hybridized carbons (Fsp3) is 0.192. The number of esters is 3. The molecule has 0 saturated heterocycles. The van der Waals surface area contributed by atoms with Crippen LogP contribution in [0.2, 0.25) is 0 Å². The molecule has 0 unspecified atom stereocenters. The summed E-state index contributed by atoms with van der Waals surface area (Å²) < 4.78 is 14.7. The number of hydrogen-bond acceptors (Lipinski definition) is 6. The quantitative estimate of drug-likeness (QED) is 0.319. The van der Waals surface area contributed by atoms with Gasteiger partial charge in [0.25, 0.3) is 0 Å². The number of carbonyl (C=O) groups excluding carboxylic acids is 3. The molecule has 0 heterocycles. The van der Waals surface area contributed by atoms with Crippen molar-refractivity contribution in [3.8, 4) is 0 Å². The maximum Gasteiger partial charge on any atom is 0.337 e. The lowest BCUT2D eigenvalue weighted by molar-refractivity contribution is 0.0592. The minimum Gasteiger partial charge on any atom is -0.465 e. The fourth-order valence-electron chi connectivity index (χ4n) is 5.00. The number of carbonyl (C=O) groups is 3. The van der Waals surface area contributed by atoms with E-state index in [2.05, 4.69) is 0 Å². The van der Waals surface area contributed by atoms with E-state index >= 15 is 0 Å². The first-order valence-corrected chi connectivity index (χ1v) is 10.1. The summed E-state index contributed by atoms with van der Waals surface area (Å²) in [6.07, 6.45) is 0. The SMILES string of the molecule is COC(=O)c1ccc2c(c1)C1c3cc(C(=O)OC)ccc3C2c2ccc(C(=O)OC)cc21. The summed E-state index contributed by atoms with van der Waals surface area (Å²) in [4.78, 5) is 36.6. The number of ether oxygens (including phenoxy) is 3.